The highest BCUT2D eigenvalue weighted by Gasteiger charge is 2.37. The molecule has 0 spiro atoms. The molecular formula is C22H19O2P. The quantitative estimate of drug-likeness (QED) is 0.373. The fourth-order valence-electron chi connectivity index (χ4n) is 3.14. The van der Waals surface area contributed by atoms with E-state index in [0.717, 1.165) is 16.7 Å². The predicted molar refractivity (Wildman–Crippen MR) is 105 cm³/mol. The van der Waals surface area contributed by atoms with E-state index in [1.807, 2.05) is 54.6 Å². The van der Waals surface area contributed by atoms with Crippen molar-refractivity contribution in [3.8, 4) is 0 Å². The van der Waals surface area contributed by atoms with E-state index < -0.39 is 11.4 Å². The Morgan fingerprint density at radius 3 is 1.44 bits per heavy atom. The molecule has 3 aromatic rings. The van der Waals surface area contributed by atoms with Crippen LogP contribution in [0.5, 0.6) is 0 Å². The molecule has 25 heavy (non-hydrogen) atoms. The Morgan fingerprint density at radius 2 is 1.12 bits per heavy atom. The van der Waals surface area contributed by atoms with Crippen molar-refractivity contribution in [3.63, 3.8) is 0 Å². The Kier molecular flexibility index (Phi) is 5.42. The molecule has 0 saturated heterocycles. The molecule has 0 fully saturated rings. The predicted octanol–water partition coefficient (Wildman–Crippen LogP) is 4.51. The monoisotopic (exact) mass is 346 g/mol. The van der Waals surface area contributed by atoms with E-state index in [9.17, 15) is 4.79 Å². The van der Waals surface area contributed by atoms with Gasteiger partial charge >= 0.3 is 5.97 Å². The van der Waals surface area contributed by atoms with E-state index in [4.69, 9.17) is 4.74 Å². The number of ether oxygens (including phenoxy) is 1. The van der Waals surface area contributed by atoms with Crippen LogP contribution in [0.25, 0.3) is 0 Å². The van der Waals surface area contributed by atoms with Crippen LogP contribution in [-0.4, -0.2) is 18.4 Å². The lowest BCUT2D eigenvalue weighted by molar-refractivity contribution is -0.135. The molecule has 0 amide bonds. The first-order chi connectivity index (χ1) is 12.3. The van der Waals surface area contributed by atoms with Crippen LogP contribution in [-0.2, 0) is 14.9 Å². The Morgan fingerprint density at radius 1 is 0.760 bits per heavy atom. The first-order valence-electron chi connectivity index (χ1n) is 8.11. The van der Waals surface area contributed by atoms with Gasteiger partial charge in [0.15, 0.2) is 0 Å². The highest BCUT2D eigenvalue weighted by atomic mass is 31.0. The average molecular weight is 346 g/mol. The Balaban J connectivity index is 2.23. The summed E-state index contributed by atoms with van der Waals surface area (Å²) in [4.78, 5) is 11.8. The summed E-state index contributed by atoms with van der Waals surface area (Å²) in [6.07, 6.45) is 0. The second-order valence-electron chi connectivity index (χ2n) is 5.76. The van der Waals surface area contributed by atoms with Crippen LogP contribution in [0.2, 0.25) is 0 Å². The van der Waals surface area contributed by atoms with Gasteiger partial charge in [0.05, 0.1) is 5.41 Å². The number of hydrogen-bond donors (Lipinski definition) is 0. The standard InChI is InChI=1S/C22H19O2P/c23-21(16-25)24-17-22(18-10-4-1-5-11-18,19-12-6-2-7-13-19)20-14-8-3-9-15-20/h1-16,25H,17H2. The van der Waals surface area contributed by atoms with Crippen molar-refractivity contribution in [3.05, 3.63) is 108 Å². The number of rotatable bonds is 6. The van der Waals surface area contributed by atoms with Gasteiger partial charge in [0.1, 0.15) is 6.61 Å². The largest absolute Gasteiger partial charge is 0.461 e. The Hall–Kier alpha value is -2.70. The fourth-order valence-corrected chi connectivity index (χ4v) is 3.22. The molecule has 3 heteroatoms. The molecule has 0 aliphatic carbocycles. The van der Waals surface area contributed by atoms with E-state index in [1.54, 1.807) is 0 Å². The molecule has 124 valence electrons. The summed E-state index contributed by atoms with van der Waals surface area (Å²) in [6, 6.07) is 30.5. The smallest absolute Gasteiger partial charge is 0.334 e. The van der Waals surface area contributed by atoms with E-state index >= 15 is 0 Å². The first-order valence-corrected chi connectivity index (χ1v) is 8.69. The summed E-state index contributed by atoms with van der Waals surface area (Å²) in [5.74, 6) is 0.856. The van der Waals surface area contributed by atoms with Gasteiger partial charge in [0.25, 0.3) is 0 Å². The van der Waals surface area contributed by atoms with Gasteiger partial charge in [-0.25, -0.2) is 4.79 Å². The fraction of sp³-hybridized carbons (Fsp3) is 0.0909. The maximum Gasteiger partial charge on any atom is 0.334 e. The molecule has 0 radical (unpaired) electrons. The number of esters is 1. The highest BCUT2D eigenvalue weighted by molar-refractivity contribution is 7.21. The van der Waals surface area contributed by atoms with Crippen LogP contribution in [0.3, 0.4) is 0 Å². The number of benzene rings is 3. The van der Waals surface area contributed by atoms with Gasteiger partial charge in [0.2, 0.25) is 0 Å². The summed E-state index contributed by atoms with van der Waals surface area (Å²) in [5.41, 5.74) is 2.66. The van der Waals surface area contributed by atoms with Crippen LogP contribution in [0.4, 0.5) is 0 Å². The van der Waals surface area contributed by atoms with Crippen molar-refractivity contribution in [1.29, 1.82) is 0 Å². The molecule has 0 aliphatic heterocycles. The maximum absolute atomic E-state index is 11.8. The van der Waals surface area contributed by atoms with E-state index in [-0.39, 0.29) is 6.61 Å². The molecule has 0 saturated carbocycles. The molecule has 0 atom stereocenters. The molecule has 0 aliphatic rings. The lowest BCUT2D eigenvalue weighted by atomic mass is 9.70. The third-order valence-corrected chi connectivity index (χ3v) is 4.58. The van der Waals surface area contributed by atoms with Crippen LogP contribution in [0.15, 0.2) is 91.0 Å². The van der Waals surface area contributed by atoms with Crippen molar-refractivity contribution in [2.75, 3.05) is 6.61 Å². The summed E-state index contributed by atoms with van der Waals surface area (Å²) in [7, 11) is 3.10. The van der Waals surface area contributed by atoms with Crippen molar-refractivity contribution < 1.29 is 9.53 Å². The van der Waals surface area contributed by atoms with Crippen LogP contribution in [0, 0.1) is 0 Å². The zero-order valence-electron chi connectivity index (χ0n) is 13.8. The molecule has 0 N–H and O–H groups in total. The lowest BCUT2D eigenvalue weighted by Gasteiger charge is -2.35. The Labute approximate surface area is 150 Å². The van der Waals surface area contributed by atoms with Gasteiger partial charge in [-0.3, -0.25) is 0 Å². The van der Waals surface area contributed by atoms with Gasteiger partial charge in [-0.05, 0) is 16.7 Å². The molecule has 0 aromatic heterocycles. The molecule has 0 bridgehead atoms. The minimum absolute atomic E-state index is 0.213. The molecule has 2 nitrogen and oxygen atoms in total. The molecule has 3 aromatic carbocycles. The summed E-state index contributed by atoms with van der Waals surface area (Å²) in [5, 5.41) is 0. The van der Waals surface area contributed by atoms with Gasteiger partial charge in [-0.15, -0.1) is 8.86 Å². The van der Waals surface area contributed by atoms with Crippen LogP contribution in [0.1, 0.15) is 16.7 Å². The SMILES string of the molecule is O=C(C=P)OCC(c1ccccc1)(c1ccccc1)c1ccccc1. The first kappa shape index (κ1) is 17.1. The third kappa shape index (κ3) is 3.55. The summed E-state index contributed by atoms with van der Waals surface area (Å²) in [6.45, 7) is 0.213. The maximum atomic E-state index is 11.8. The van der Waals surface area contributed by atoms with E-state index in [1.165, 1.54) is 5.80 Å². The topological polar surface area (TPSA) is 26.3 Å². The van der Waals surface area contributed by atoms with Crippen molar-refractivity contribution in [2.24, 2.45) is 0 Å². The molecule has 0 heterocycles. The zero-order valence-corrected chi connectivity index (χ0v) is 14.8. The highest BCUT2D eigenvalue weighted by Crippen LogP contribution is 2.39. The van der Waals surface area contributed by atoms with Gasteiger partial charge in [-0.2, -0.15) is 0 Å². The number of carbonyl (C=O) groups is 1. The second-order valence-corrected chi connectivity index (χ2v) is 6.04. The number of carbonyl (C=O) groups excluding carboxylic acids is 1. The van der Waals surface area contributed by atoms with E-state index in [0.29, 0.717) is 0 Å². The third-order valence-electron chi connectivity index (χ3n) is 4.35. The van der Waals surface area contributed by atoms with Crippen molar-refractivity contribution >= 4 is 20.6 Å². The van der Waals surface area contributed by atoms with Crippen LogP contribution >= 0.6 is 8.86 Å². The normalized spacial score (nSPS) is 10.9. The average Bonchev–Trinajstić information content (AvgIpc) is 2.71. The zero-order chi connectivity index (χ0) is 17.5. The van der Waals surface area contributed by atoms with Crippen LogP contribution < -0.4 is 0 Å². The molecule has 0 unspecified atom stereocenters. The summed E-state index contributed by atoms with van der Waals surface area (Å²) < 4.78 is 5.58. The lowest BCUT2D eigenvalue weighted by Crippen LogP contribution is -2.36. The minimum atomic E-state index is -0.575. The van der Waals surface area contributed by atoms with E-state index in [2.05, 4.69) is 45.3 Å². The second kappa shape index (κ2) is 7.92. The Bertz CT molecular complexity index is 733. The summed E-state index contributed by atoms with van der Waals surface area (Å²) >= 11 is 0. The molecular weight excluding hydrogens is 327 g/mol. The van der Waals surface area contributed by atoms with Crippen molar-refractivity contribution in [1.82, 2.24) is 0 Å². The van der Waals surface area contributed by atoms with Gasteiger partial charge < -0.3 is 4.74 Å². The van der Waals surface area contributed by atoms with Crippen molar-refractivity contribution in [2.45, 2.75) is 5.41 Å². The number of hydrogen-bond acceptors (Lipinski definition) is 2. The molecule has 3 rings (SSSR count). The minimum Gasteiger partial charge on any atom is -0.461 e. The van der Waals surface area contributed by atoms with Gasteiger partial charge in [0, 0.05) is 5.80 Å². The van der Waals surface area contributed by atoms with Gasteiger partial charge in [-0.1, -0.05) is 91.0 Å².